The number of hydrogen-bond acceptors (Lipinski definition) is 2. The van der Waals surface area contributed by atoms with E-state index in [9.17, 15) is 0 Å². The van der Waals surface area contributed by atoms with Gasteiger partial charge in [-0.15, -0.1) is 0 Å². The molecule has 1 aliphatic rings. The van der Waals surface area contributed by atoms with Crippen LogP contribution in [-0.2, 0) is 0 Å². The zero-order valence-corrected chi connectivity index (χ0v) is 12.5. The maximum atomic E-state index is 4.52. The monoisotopic (exact) mass is 330 g/mol. The molecule has 0 saturated carbocycles. The molecule has 1 aliphatic heterocycles. The van der Waals surface area contributed by atoms with Gasteiger partial charge in [-0.05, 0) is 41.4 Å². The second kappa shape index (κ2) is 4.75. The van der Waals surface area contributed by atoms with Gasteiger partial charge >= 0.3 is 0 Å². The third kappa shape index (κ3) is 1.81. The summed E-state index contributed by atoms with van der Waals surface area (Å²) in [6.45, 7) is 1.08. The van der Waals surface area contributed by atoms with Gasteiger partial charge in [0, 0.05) is 22.7 Å². The highest BCUT2D eigenvalue weighted by Crippen LogP contribution is 2.37. The molecule has 2 aromatic heterocycles. The van der Waals surface area contributed by atoms with E-state index >= 15 is 0 Å². The second-order valence-electron chi connectivity index (χ2n) is 5.20. The predicted molar refractivity (Wildman–Crippen MR) is 83.6 cm³/mol. The molecule has 0 spiro atoms. The van der Waals surface area contributed by atoms with Gasteiger partial charge < -0.3 is 10.3 Å². The van der Waals surface area contributed by atoms with Crippen LogP contribution in [0.25, 0.3) is 22.2 Å². The first kappa shape index (κ1) is 12.2. The highest BCUT2D eigenvalue weighted by atomic mass is 79.9. The summed E-state index contributed by atoms with van der Waals surface area (Å²) in [6.07, 6.45) is 4.41. The van der Waals surface area contributed by atoms with Crippen LogP contribution < -0.4 is 5.32 Å². The summed E-state index contributed by atoms with van der Waals surface area (Å²) < 4.78 is 1.07. The van der Waals surface area contributed by atoms with Gasteiger partial charge in [-0.2, -0.15) is 5.10 Å². The second-order valence-corrected chi connectivity index (χ2v) is 5.99. The summed E-state index contributed by atoms with van der Waals surface area (Å²) in [4.78, 5) is 3.30. The predicted octanol–water partition coefficient (Wildman–Crippen LogP) is 3.75. The fraction of sp³-hybridized carbons (Fsp3) is 0.267. The van der Waals surface area contributed by atoms with Crippen LogP contribution in [0.15, 0.2) is 34.9 Å². The van der Waals surface area contributed by atoms with Gasteiger partial charge in [0.2, 0.25) is 0 Å². The van der Waals surface area contributed by atoms with Crippen molar-refractivity contribution in [3.8, 4) is 11.3 Å². The van der Waals surface area contributed by atoms with Crippen molar-refractivity contribution in [3.05, 3.63) is 40.6 Å². The third-order valence-corrected chi connectivity index (χ3v) is 4.79. The Bertz CT molecular complexity index is 752. The van der Waals surface area contributed by atoms with Crippen molar-refractivity contribution in [2.75, 3.05) is 6.54 Å². The molecule has 4 nitrogen and oxygen atoms in total. The molecule has 1 saturated heterocycles. The van der Waals surface area contributed by atoms with Gasteiger partial charge in [0.1, 0.15) is 5.69 Å². The minimum absolute atomic E-state index is 0.385. The fourth-order valence-corrected chi connectivity index (χ4v) is 3.62. The Kier molecular flexibility index (Phi) is 2.89. The zero-order chi connectivity index (χ0) is 13.5. The number of fused-ring (bicyclic) bond motifs is 1. The molecule has 3 heterocycles. The number of nitrogens with one attached hydrogen (secondary N) is 3. The van der Waals surface area contributed by atoms with Crippen LogP contribution in [-0.4, -0.2) is 21.7 Å². The SMILES string of the molecule is Brc1c(-c2c[nH]c3ccccc23)n[nH]c1C1CCCN1. The molecule has 4 rings (SSSR count). The van der Waals surface area contributed by atoms with Crippen LogP contribution in [0.3, 0.4) is 0 Å². The Labute approximate surface area is 125 Å². The van der Waals surface area contributed by atoms with Crippen molar-refractivity contribution >= 4 is 26.8 Å². The van der Waals surface area contributed by atoms with E-state index in [0.717, 1.165) is 39.9 Å². The van der Waals surface area contributed by atoms with Crippen LogP contribution >= 0.6 is 15.9 Å². The summed E-state index contributed by atoms with van der Waals surface area (Å²) in [6, 6.07) is 8.68. The smallest absolute Gasteiger partial charge is 0.109 e. The highest BCUT2D eigenvalue weighted by Gasteiger charge is 2.24. The van der Waals surface area contributed by atoms with Crippen LogP contribution in [0.2, 0.25) is 0 Å². The molecule has 5 heteroatoms. The molecule has 0 aliphatic carbocycles. The van der Waals surface area contributed by atoms with Gasteiger partial charge in [-0.3, -0.25) is 5.10 Å². The summed E-state index contributed by atoms with van der Waals surface area (Å²) in [5.74, 6) is 0. The van der Waals surface area contributed by atoms with E-state index in [1.807, 2.05) is 12.3 Å². The van der Waals surface area contributed by atoms with Crippen molar-refractivity contribution < 1.29 is 0 Å². The van der Waals surface area contributed by atoms with Gasteiger partial charge in [-0.1, -0.05) is 18.2 Å². The Morgan fingerprint density at radius 2 is 2.15 bits per heavy atom. The number of benzene rings is 1. The molecule has 1 aromatic carbocycles. The number of H-pyrrole nitrogens is 2. The standard InChI is InChI=1S/C15H15BrN4/c16-13-14(19-20-15(13)12-6-3-7-17-12)10-8-18-11-5-2-1-4-9(10)11/h1-2,4-5,8,12,17-18H,3,6-7H2,(H,19,20). The van der Waals surface area contributed by atoms with Crippen LogP contribution in [0.5, 0.6) is 0 Å². The van der Waals surface area contributed by atoms with Gasteiger partial charge in [0.25, 0.3) is 0 Å². The molecule has 0 amide bonds. The molecule has 0 radical (unpaired) electrons. The molecule has 102 valence electrons. The topological polar surface area (TPSA) is 56.5 Å². The number of halogens is 1. The molecular weight excluding hydrogens is 316 g/mol. The summed E-state index contributed by atoms with van der Waals surface area (Å²) in [5.41, 5.74) is 4.40. The van der Waals surface area contributed by atoms with Gasteiger partial charge in [0.05, 0.1) is 16.2 Å². The molecule has 1 atom stereocenters. The largest absolute Gasteiger partial charge is 0.360 e. The van der Waals surface area contributed by atoms with Crippen molar-refractivity contribution in [1.82, 2.24) is 20.5 Å². The number of hydrogen-bond donors (Lipinski definition) is 3. The van der Waals surface area contributed by atoms with Gasteiger partial charge in [0.15, 0.2) is 0 Å². The third-order valence-electron chi connectivity index (χ3n) is 3.99. The van der Waals surface area contributed by atoms with Crippen molar-refractivity contribution in [1.29, 1.82) is 0 Å². The molecule has 1 fully saturated rings. The lowest BCUT2D eigenvalue weighted by molar-refractivity contribution is 0.623. The Balaban J connectivity index is 1.82. The first-order valence-corrected chi connectivity index (χ1v) is 7.67. The minimum Gasteiger partial charge on any atom is -0.360 e. The quantitative estimate of drug-likeness (QED) is 0.670. The zero-order valence-electron chi connectivity index (χ0n) is 10.9. The van der Waals surface area contributed by atoms with Crippen molar-refractivity contribution in [3.63, 3.8) is 0 Å². The van der Waals surface area contributed by atoms with E-state index in [1.54, 1.807) is 0 Å². The summed E-state index contributed by atoms with van der Waals surface area (Å²) in [7, 11) is 0. The van der Waals surface area contributed by atoms with Crippen molar-refractivity contribution in [2.24, 2.45) is 0 Å². The lowest BCUT2D eigenvalue weighted by Crippen LogP contribution is -2.13. The van der Waals surface area contributed by atoms with E-state index < -0.39 is 0 Å². The number of rotatable bonds is 2. The number of nitrogens with zero attached hydrogens (tertiary/aromatic N) is 1. The maximum absolute atomic E-state index is 4.52. The molecule has 0 bridgehead atoms. The van der Waals surface area contributed by atoms with E-state index in [-0.39, 0.29) is 0 Å². The van der Waals surface area contributed by atoms with Crippen molar-refractivity contribution in [2.45, 2.75) is 18.9 Å². The number of para-hydroxylation sites is 1. The summed E-state index contributed by atoms with van der Waals surface area (Å²) >= 11 is 3.72. The van der Waals surface area contributed by atoms with Crippen LogP contribution in [0.4, 0.5) is 0 Å². The Hall–Kier alpha value is -1.59. The van der Waals surface area contributed by atoms with E-state index in [0.29, 0.717) is 6.04 Å². The van der Waals surface area contributed by atoms with E-state index in [1.165, 1.54) is 11.8 Å². The first-order chi connectivity index (χ1) is 9.84. The average Bonchev–Trinajstić information content (AvgIpc) is 3.17. The van der Waals surface area contributed by atoms with Crippen LogP contribution in [0, 0.1) is 0 Å². The highest BCUT2D eigenvalue weighted by molar-refractivity contribution is 9.10. The number of aromatic nitrogens is 3. The fourth-order valence-electron chi connectivity index (χ4n) is 2.95. The Morgan fingerprint density at radius 3 is 3.00 bits per heavy atom. The van der Waals surface area contributed by atoms with E-state index in [2.05, 4.69) is 54.6 Å². The molecule has 20 heavy (non-hydrogen) atoms. The lowest BCUT2D eigenvalue weighted by atomic mass is 10.1. The van der Waals surface area contributed by atoms with Gasteiger partial charge in [-0.25, -0.2) is 0 Å². The molecule has 1 unspecified atom stereocenters. The average molecular weight is 331 g/mol. The summed E-state index contributed by atoms with van der Waals surface area (Å²) in [5, 5.41) is 12.4. The lowest BCUT2D eigenvalue weighted by Gasteiger charge is -2.07. The van der Waals surface area contributed by atoms with E-state index in [4.69, 9.17) is 0 Å². The molecule has 3 N–H and O–H groups in total. The van der Waals surface area contributed by atoms with Crippen LogP contribution in [0.1, 0.15) is 24.6 Å². The molecule has 3 aromatic rings. The Morgan fingerprint density at radius 1 is 1.25 bits per heavy atom. The first-order valence-electron chi connectivity index (χ1n) is 6.88. The normalized spacial score (nSPS) is 18.9. The number of aromatic amines is 2. The maximum Gasteiger partial charge on any atom is 0.109 e. The minimum atomic E-state index is 0.385. The molecular formula is C15H15BrN4.